The lowest BCUT2D eigenvalue weighted by Gasteiger charge is -2.43. The van der Waals surface area contributed by atoms with Crippen molar-refractivity contribution in [3.05, 3.63) is 52.2 Å². The number of hydrogen-bond donors (Lipinski definition) is 0. The highest BCUT2D eigenvalue weighted by Gasteiger charge is 2.44. The van der Waals surface area contributed by atoms with E-state index in [9.17, 15) is 10.1 Å². The van der Waals surface area contributed by atoms with Crippen molar-refractivity contribution in [3.63, 3.8) is 0 Å². The molecular formula is C29H34Cl2IN7O2. The summed E-state index contributed by atoms with van der Waals surface area (Å²) < 4.78 is 6.38. The van der Waals surface area contributed by atoms with Gasteiger partial charge in [-0.3, -0.25) is 4.79 Å². The fourth-order valence-corrected chi connectivity index (χ4v) is 7.36. The van der Waals surface area contributed by atoms with Crippen molar-refractivity contribution < 1.29 is 9.53 Å². The van der Waals surface area contributed by atoms with Crippen molar-refractivity contribution in [2.24, 2.45) is 5.41 Å². The van der Waals surface area contributed by atoms with Gasteiger partial charge < -0.3 is 24.3 Å². The molecule has 0 spiro atoms. The van der Waals surface area contributed by atoms with Gasteiger partial charge in [0.1, 0.15) is 5.82 Å². The Morgan fingerprint density at radius 2 is 2.02 bits per heavy atom. The highest BCUT2D eigenvalue weighted by atomic mass is 127. The Morgan fingerprint density at radius 3 is 2.66 bits per heavy atom. The van der Waals surface area contributed by atoms with E-state index in [0.717, 1.165) is 42.1 Å². The number of halogens is 3. The number of ether oxygens (including phenoxy) is 1. The summed E-state index contributed by atoms with van der Waals surface area (Å²) in [4.78, 5) is 30.7. The molecule has 2 aromatic rings. The Labute approximate surface area is 265 Å². The monoisotopic (exact) mass is 709 g/mol. The third-order valence-corrected chi connectivity index (χ3v) is 9.71. The molecule has 1 saturated heterocycles. The van der Waals surface area contributed by atoms with Crippen LogP contribution in [0.1, 0.15) is 30.5 Å². The maximum atomic E-state index is 12.5. The topological polar surface area (TPSA) is 88.8 Å². The van der Waals surface area contributed by atoms with E-state index in [0.29, 0.717) is 55.3 Å². The highest BCUT2D eigenvalue weighted by molar-refractivity contribution is 14.1. The summed E-state index contributed by atoms with van der Waals surface area (Å²) in [6.45, 7) is 7.20. The minimum atomic E-state index is -0.263. The van der Waals surface area contributed by atoms with E-state index < -0.39 is 0 Å². The molecule has 0 radical (unpaired) electrons. The number of para-hydroxylation sites is 1. The SMILES string of the molecule is C=CC(=O)N1CCN(c2nc(OCC3(CN(C)C)CC3)nc3c2C[C@@H](I)N(c2c(Cl)cccc2Cl)C3)CC1CC#N. The predicted octanol–water partition coefficient (Wildman–Crippen LogP) is 4.94. The van der Waals surface area contributed by atoms with Crippen molar-refractivity contribution in [1.29, 1.82) is 5.26 Å². The van der Waals surface area contributed by atoms with Crippen LogP contribution in [0.2, 0.25) is 10.0 Å². The zero-order valence-electron chi connectivity index (χ0n) is 23.3. The number of hydrogen-bond acceptors (Lipinski definition) is 8. The third kappa shape index (κ3) is 6.53. The van der Waals surface area contributed by atoms with Gasteiger partial charge in [-0.05, 0) is 45.1 Å². The molecule has 218 valence electrons. The number of benzene rings is 1. The van der Waals surface area contributed by atoms with Gasteiger partial charge in [0.15, 0.2) is 0 Å². The predicted molar refractivity (Wildman–Crippen MR) is 170 cm³/mol. The first-order chi connectivity index (χ1) is 19.6. The quantitative estimate of drug-likeness (QED) is 0.157. The van der Waals surface area contributed by atoms with Crippen molar-refractivity contribution in [2.45, 2.75) is 42.3 Å². The van der Waals surface area contributed by atoms with Gasteiger partial charge in [-0.25, -0.2) is 0 Å². The number of fused-ring (bicyclic) bond motifs is 1. The zero-order chi connectivity index (χ0) is 29.3. The largest absolute Gasteiger partial charge is 0.463 e. The van der Waals surface area contributed by atoms with E-state index in [4.69, 9.17) is 37.9 Å². The lowest BCUT2D eigenvalue weighted by Crippen LogP contribution is -2.55. The van der Waals surface area contributed by atoms with Crippen LogP contribution >= 0.6 is 45.8 Å². The van der Waals surface area contributed by atoms with Crippen molar-refractivity contribution >= 4 is 63.2 Å². The van der Waals surface area contributed by atoms with E-state index >= 15 is 0 Å². The zero-order valence-corrected chi connectivity index (χ0v) is 27.0. The van der Waals surface area contributed by atoms with Gasteiger partial charge >= 0.3 is 6.01 Å². The van der Waals surface area contributed by atoms with Crippen molar-refractivity contribution in [3.8, 4) is 12.1 Å². The number of rotatable bonds is 9. The average molecular weight is 710 g/mol. The Morgan fingerprint density at radius 1 is 1.29 bits per heavy atom. The summed E-state index contributed by atoms with van der Waals surface area (Å²) >= 11 is 15.7. The molecule has 9 nitrogen and oxygen atoms in total. The second-order valence-corrected chi connectivity index (χ2v) is 13.6. The van der Waals surface area contributed by atoms with E-state index in [1.54, 1.807) is 4.90 Å². The normalized spacial score (nSPS) is 21.3. The maximum Gasteiger partial charge on any atom is 0.318 e. The molecular weight excluding hydrogens is 676 g/mol. The molecule has 3 aliphatic rings. The molecule has 12 heteroatoms. The Bertz CT molecular complexity index is 1340. The molecule has 1 aliphatic carbocycles. The van der Waals surface area contributed by atoms with Crippen LogP contribution in [-0.4, -0.2) is 82.6 Å². The van der Waals surface area contributed by atoms with Gasteiger partial charge in [-0.15, -0.1) is 0 Å². The van der Waals surface area contributed by atoms with Crippen LogP contribution in [0.5, 0.6) is 6.01 Å². The van der Waals surface area contributed by atoms with Crippen LogP contribution in [0.15, 0.2) is 30.9 Å². The second kappa shape index (κ2) is 12.5. The summed E-state index contributed by atoms with van der Waals surface area (Å²) in [5.74, 6) is 0.650. The first kappa shape index (κ1) is 30.1. The van der Waals surface area contributed by atoms with E-state index in [1.807, 2.05) is 18.2 Å². The van der Waals surface area contributed by atoms with Crippen LogP contribution in [0, 0.1) is 16.7 Å². The fourth-order valence-electron chi connectivity index (χ4n) is 5.83. The summed E-state index contributed by atoms with van der Waals surface area (Å²) in [6.07, 6.45) is 4.45. The molecule has 2 atom stereocenters. The van der Waals surface area contributed by atoms with Crippen LogP contribution in [0.25, 0.3) is 0 Å². The van der Waals surface area contributed by atoms with E-state index in [1.165, 1.54) is 6.08 Å². The number of piperazine rings is 1. The van der Waals surface area contributed by atoms with Crippen molar-refractivity contribution in [1.82, 2.24) is 19.8 Å². The minimum absolute atomic E-state index is 0.0555. The number of aromatic nitrogens is 2. The average Bonchev–Trinajstić information content (AvgIpc) is 3.70. The molecule has 41 heavy (non-hydrogen) atoms. The first-order valence-electron chi connectivity index (χ1n) is 13.7. The van der Waals surface area contributed by atoms with Gasteiger partial charge in [-0.2, -0.15) is 15.2 Å². The number of nitriles is 1. The molecule has 0 bridgehead atoms. The number of nitrogens with zero attached hydrogens (tertiary/aromatic N) is 7. The lowest BCUT2D eigenvalue weighted by molar-refractivity contribution is -0.128. The van der Waals surface area contributed by atoms with Gasteiger partial charge in [-0.1, -0.05) is 58.4 Å². The third-order valence-electron chi connectivity index (χ3n) is 7.99. The highest BCUT2D eigenvalue weighted by Crippen LogP contribution is 2.46. The van der Waals surface area contributed by atoms with Gasteiger partial charge in [0.25, 0.3) is 0 Å². The molecule has 0 N–H and O–H groups in total. The molecule has 1 aromatic heterocycles. The number of amides is 1. The molecule has 3 heterocycles. The number of anilines is 2. The lowest BCUT2D eigenvalue weighted by atomic mass is 10.0. The van der Waals surface area contributed by atoms with E-state index in [2.05, 4.69) is 64.0 Å². The Balaban J connectivity index is 1.50. The number of carbonyl (C=O) groups is 1. The molecule has 1 saturated carbocycles. The van der Waals surface area contributed by atoms with E-state index in [-0.39, 0.29) is 27.8 Å². The van der Waals surface area contributed by atoms with Crippen LogP contribution in [-0.2, 0) is 17.8 Å². The molecule has 5 rings (SSSR count). The number of carbonyl (C=O) groups excluding carboxylic acids is 1. The first-order valence-corrected chi connectivity index (χ1v) is 15.7. The standard InChI is InChI=1S/C29H34Cl2IN7O2/c1-4-25(40)38-13-12-37(15-19(38)8-11-33)27-20-14-24(32)39(26-21(30)6-5-7-22(26)31)16-23(20)34-28(35-27)41-18-29(9-10-29)17-36(2)3/h4-7,19,24H,1,8-10,12-18H2,2-3H3/t19?,24-/m0/s1. The van der Waals surface area contributed by atoms with Gasteiger partial charge in [0, 0.05) is 43.6 Å². The molecule has 1 unspecified atom stereocenters. The summed E-state index contributed by atoms with van der Waals surface area (Å²) in [5, 5.41) is 10.7. The molecule has 2 fully saturated rings. The summed E-state index contributed by atoms with van der Waals surface area (Å²) in [5.41, 5.74) is 2.83. The molecule has 1 amide bonds. The Kier molecular flexibility index (Phi) is 9.19. The van der Waals surface area contributed by atoms with Gasteiger partial charge in [0.2, 0.25) is 5.91 Å². The molecule has 1 aromatic carbocycles. The molecule has 2 aliphatic heterocycles. The smallest absolute Gasteiger partial charge is 0.318 e. The van der Waals surface area contributed by atoms with Crippen molar-refractivity contribution in [2.75, 3.05) is 56.7 Å². The summed E-state index contributed by atoms with van der Waals surface area (Å²) in [7, 11) is 4.16. The second-order valence-electron chi connectivity index (χ2n) is 11.3. The minimum Gasteiger partial charge on any atom is -0.463 e. The Hall–Kier alpha value is -2.33. The van der Waals surface area contributed by atoms with Crippen LogP contribution < -0.4 is 14.5 Å². The van der Waals surface area contributed by atoms with Crippen LogP contribution in [0.3, 0.4) is 0 Å². The van der Waals surface area contributed by atoms with Crippen LogP contribution in [0.4, 0.5) is 11.5 Å². The fraction of sp³-hybridized carbons (Fsp3) is 0.517. The maximum absolute atomic E-state index is 12.5. The number of alkyl halides is 1. The van der Waals surface area contributed by atoms with Gasteiger partial charge in [0.05, 0.1) is 57.2 Å². The summed E-state index contributed by atoms with van der Waals surface area (Å²) in [6, 6.07) is 7.87.